The van der Waals surface area contributed by atoms with Gasteiger partial charge in [-0.2, -0.15) is 5.26 Å². The molecule has 4 nitrogen and oxygen atoms in total. The molecule has 0 aliphatic heterocycles. The van der Waals surface area contributed by atoms with E-state index in [1.807, 2.05) is 30.5 Å². The van der Waals surface area contributed by atoms with Gasteiger partial charge in [-0.3, -0.25) is 0 Å². The molecule has 2 aromatic rings. The van der Waals surface area contributed by atoms with Crippen LogP contribution >= 0.6 is 11.3 Å². The summed E-state index contributed by atoms with van der Waals surface area (Å²) in [6.07, 6.45) is 0. The number of rotatable bonds is 3. The van der Waals surface area contributed by atoms with E-state index in [2.05, 4.69) is 4.98 Å². The molecule has 2 rings (SSSR count). The molecule has 0 unspecified atom stereocenters. The quantitative estimate of drug-likeness (QED) is 0.851. The van der Waals surface area contributed by atoms with E-state index in [0.717, 1.165) is 22.6 Å². The van der Waals surface area contributed by atoms with E-state index < -0.39 is 0 Å². The van der Waals surface area contributed by atoms with E-state index in [0.29, 0.717) is 10.8 Å². The van der Waals surface area contributed by atoms with Gasteiger partial charge in [0.15, 0.2) is 5.01 Å². The Morgan fingerprint density at radius 1 is 1.28 bits per heavy atom. The van der Waals surface area contributed by atoms with Crippen molar-refractivity contribution in [3.05, 3.63) is 28.1 Å². The highest BCUT2D eigenvalue weighted by Crippen LogP contribution is 2.36. The first-order valence-corrected chi connectivity index (χ1v) is 6.16. The Kier molecular flexibility index (Phi) is 3.49. The van der Waals surface area contributed by atoms with Crippen LogP contribution in [0, 0.1) is 18.3 Å². The summed E-state index contributed by atoms with van der Waals surface area (Å²) >= 11 is 1.32. The molecule has 5 heteroatoms. The molecule has 0 spiro atoms. The number of nitrogens with zero attached hydrogens (tertiary/aromatic N) is 2. The molecule has 0 aliphatic carbocycles. The first-order chi connectivity index (χ1) is 8.69. The second-order valence-electron chi connectivity index (χ2n) is 3.67. The minimum Gasteiger partial charge on any atom is -0.497 e. The lowest BCUT2D eigenvalue weighted by molar-refractivity contribution is 0.395. The Hall–Kier alpha value is -2.06. The van der Waals surface area contributed by atoms with Crippen molar-refractivity contribution in [3.8, 4) is 28.8 Å². The van der Waals surface area contributed by atoms with Gasteiger partial charge in [-0.1, -0.05) is 0 Å². The van der Waals surface area contributed by atoms with Gasteiger partial charge in [-0.25, -0.2) is 4.98 Å². The van der Waals surface area contributed by atoms with Crippen molar-refractivity contribution in [3.63, 3.8) is 0 Å². The smallest absolute Gasteiger partial charge is 0.194 e. The maximum atomic E-state index is 8.82. The highest BCUT2D eigenvalue weighted by molar-refractivity contribution is 7.10. The molecule has 0 saturated carbocycles. The zero-order chi connectivity index (χ0) is 13.1. The molecule has 0 amide bonds. The number of benzene rings is 1. The summed E-state index contributed by atoms with van der Waals surface area (Å²) in [5.74, 6) is 1.44. The highest BCUT2D eigenvalue weighted by Gasteiger charge is 2.14. The van der Waals surface area contributed by atoms with E-state index in [9.17, 15) is 0 Å². The number of thiazole rings is 1. The molecule has 92 valence electrons. The Morgan fingerprint density at radius 3 is 2.61 bits per heavy atom. The summed E-state index contributed by atoms with van der Waals surface area (Å²) in [6, 6.07) is 5.77. The van der Waals surface area contributed by atoms with E-state index in [4.69, 9.17) is 14.7 Å². The van der Waals surface area contributed by atoms with Crippen molar-refractivity contribution in [1.29, 1.82) is 5.26 Å². The van der Waals surface area contributed by atoms with Crippen LogP contribution in [0.2, 0.25) is 0 Å². The lowest BCUT2D eigenvalue weighted by atomic mass is 10.0. The van der Waals surface area contributed by atoms with Crippen LogP contribution in [0.1, 0.15) is 10.6 Å². The molecule has 1 aromatic carbocycles. The number of hydrogen-bond acceptors (Lipinski definition) is 5. The van der Waals surface area contributed by atoms with Crippen LogP contribution in [-0.2, 0) is 0 Å². The summed E-state index contributed by atoms with van der Waals surface area (Å²) in [6.45, 7) is 1.96. The molecule has 0 radical (unpaired) electrons. The number of nitriles is 1. The van der Waals surface area contributed by atoms with Crippen molar-refractivity contribution in [1.82, 2.24) is 4.98 Å². The topological polar surface area (TPSA) is 55.1 Å². The minimum atomic E-state index is 0.447. The Bertz CT molecular complexity index is 614. The Morgan fingerprint density at radius 2 is 2.06 bits per heavy atom. The maximum absolute atomic E-state index is 8.82. The predicted octanol–water partition coefficient (Wildman–Crippen LogP) is 3.01. The number of aromatic nitrogens is 1. The molecular formula is C13H12N2O2S. The van der Waals surface area contributed by atoms with Crippen molar-refractivity contribution in [2.24, 2.45) is 0 Å². The second-order valence-corrected chi connectivity index (χ2v) is 4.53. The average Bonchev–Trinajstić information content (AvgIpc) is 2.85. The molecule has 18 heavy (non-hydrogen) atoms. The minimum absolute atomic E-state index is 0.447. The lowest BCUT2D eigenvalue weighted by Gasteiger charge is -2.11. The van der Waals surface area contributed by atoms with Crippen molar-refractivity contribution in [2.75, 3.05) is 14.2 Å². The molecule has 1 aromatic heterocycles. The third-order valence-electron chi connectivity index (χ3n) is 2.58. The summed E-state index contributed by atoms with van der Waals surface area (Å²) in [5, 5.41) is 11.1. The third-order valence-corrected chi connectivity index (χ3v) is 3.33. The van der Waals surface area contributed by atoms with E-state index >= 15 is 0 Å². The largest absolute Gasteiger partial charge is 0.497 e. The number of methoxy groups -OCH3 is 2. The van der Waals surface area contributed by atoms with Gasteiger partial charge in [0.1, 0.15) is 17.6 Å². The molecule has 0 N–H and O–H groups in total. The van der Waals surface area contributed by atoms with Crippen LogP contribution in [0.5, 0.6) is 11.5 Å². The van der Waals surface area contributed by atoms with Gasteiger partial charge in [0.2, 0.25) is 0 Å². The molecule has 1 heterocycles. The number of ether oxygens (including phenoxy) is 2. The van der Waals surface area contributed by atoms with Gasteiger partial charge in [0, 0.05) is 17.0 Å². The predicted molar refractivity (Wildman–Crippen MR) is 70.1 cm³/mol. The zero-order valence-corrected chi connectivity index (χ0v) is 11.2. The number of aryl methyl sites for hydroxylation is 1. The first kappa shape index (κ1) is 12.4. The van der Waals surface area contributed by atoms with Gasteiger partial charge in [-0.05, 0) is 18.6 Å². The fraction of sp³-hybridized carbons (Fsp3) is 0.231. The molecule has 0 aliphatic rings. The molecule has 0 fully saturated rings. The summed E-state index contributed by atoms with van der Waals surface area (Å²) in [5.41, 5.74) is 2.66. The molecule has 0 bridgehead atoms. The van der Waals surface area contributed by atoms with Crippen molar-refractivity contribution >= 4 is 11.3 Å². The summed E-state index contributed by atoms with van der Waals surface area (Å²) < 4.78 is 10.6. The monoisotopic (exact) mass is 260 g/mol. The second kappa shape index (κ2) is 5.07. The van der Waals surface area contributed by atoms with Crippen molar-refractivity contribution < 1.29 is 9.47 Å². The SMILES string of the molecule is COc1cc(C)c(-c2csc(C#N)n2)c(OC)c1. The van der Waals surface area contributed by atoms with E-state index in [1.54, 1.807) is 14.2 Å². The fourth-order valence-corrected chi connectivity index (χ4v) is 2.37. The van der Waals surface area contributed by atoms with Crippen LogP contribution < -0.4 is 9.47 Å². The third kappa shape index (κ3) is 2.15. The van der Waals surface area contributed by atoms with Crippen LogP contribution in [0.3, 0.4) is 0 Å². The first-order valence-electron chi connectivity index (χ1n) is 5.28. The maximum Gasteiger partial charge on any atom is 0.194 e. The zero-order valence-electron chi connectivity index (χ0n) is 10.4. The molecule has 0 saturated heterocycles. The van der Waals surface area contributed by atoms with Gasteiger partial charge >= 0.3 is 0 Å². The van der Waals surface area contributed by atoms with Crippen LogP contribution in [0.25, 0.3) is 11.3 Å². The van der Waals surface area contributed by atoms with Crippen LogP contribution in [0.15, 0.2) is 17.5 Å². The van der Waals surface area contributed by atoms with E-state index in [-0.39, 0.29) is 0 Å². The van der Waals surface area contributed by atoms with Gasteiger partial charge in [0.05, 0.1) is 19.9 Å². The average molecular weight is 260 g/mol. The van der Waals surface area contributed by atoms with Gasteiger partial charge < -0.3 is 9.47 Å². The molecule has 0 atom stereocenters. The summed E-state index contributed by atoms with van der Waals surface area (Å²) in [4.78, 5) is 4.26. The van der Waals surface area contributed by atoms with Crippen LogP contribution in [-0.4, -0.2) is 19.2 Å². The van der Waals surface area contributed by atoms with E-state index in [1.165, 1.54) is 11.3 Å². The highest BCUT2D eigenvalue weighted by atomic mass is 32.1. The Labute approximate surface area is 109 Å². The molecular weight excluding hydrogens is 248 g/mol. The van der Waals surface area contributed by atoms with Gasteiger partial charge in [-0.15, -0.1) is 11.3 Å². The Balaban J connectivity index is 2.59. The van der Waals surface area contributed by atoms with Crippen molar-refractivity contribution in [2.45, 2.75) is 6.92 Å². The van der Waals surface area contributed by atoms with Crippen LogP contribution in [0.4, 0.5) is 0 Å². The van der Waals surface area contributed by atoms with Gasteiger partial charge in [0.25, 0.3) is 0 Å². The fourth-order valence-electron chi connectivity index (χ4n) is 1.77. The normalized spacial score (nSPS) is 9.89. The lowest BCUT2D eigenvalue weighted by Crippen LogP contribution is -1.94. The summed E-state index contributed by atoms with van der Waals surface area (Å²) in [7, 11) is 3.22. The standard InChI is InChI=1S/C13H12N2O2S/c1-8-4-9(16-2)5-11(17-3)13(8)10-7-18-12(6-14)15-10/h4-5,7H,1-3H3. The number of hydrogen-bond donors (Lipinski definition) is 0.